The lowest BCUT2D eigenvalue weighted by Crippen LogP contribution is -2.40. The Morgan fingerprint density at radius 2 is 0.567 bits per heavy atom. The number of carbonyl (C=O) groups is 4. The van der Waals surface area contributed by atoms with Gasteiger partial charge in [-0.25, -0.2) is 9.80 Å². The first-order valence-corrected chi connectivity index (χ1v) is 36.8. The lowest BCUT2D eigenvalue weighted by atomic mass is 9.79. The van der Waals surface area contributed by atoms with E-state index in [-0.39, 0.29) is 64.2 Å². The summed E-state index contributed by atoms with van der Waals surface area (Å²) >= 11 is 0. The zero-order valence-electron chi connectivity index (χ0n) is 62.4. The van der Waals surface area contributed by atoms with Gasteiger partial charge in [0.25, 0.3) is 23.6 Å². The number of allylic oxidation sites excluding steroid dienone is 3. The summed E-state index contributed by atoms with van der Waals surface area (Å²) in [6.07, 6.45) is 4.68. The summed E-state index contributed by atoms with van der Waals surface area (Å²) in [4.78, 5) is 66.4. The van der Waals surface area contributed by atoms with Crippen LogP contribution in [0.4, 0.5) is 5.69 Å². The van der Waals surface area contributed by atoms with Gasteiger partial charge in [0.15, 0.2) is 0 Å². The normalized spacial score (nSPS) is 13.7. The fraction of sp³-hybridized carbons (Fsp3) is 0.255. The molecule has 2 heterocycles. The number of amides is 4. The van der Waals surface area contributed by atoms with Crippen molar-refractivity contribution in [1.82, 2.24) is 4.90 Å². The van der Waals surface area contributed by atoms with Gasteiger partial charge in [-0.15, -0.1) is 0 Å². The first-order chi connectivity index (χ1) is 49.9. The van der Waals surface area contributed by atoms with E-state index in [0.29, 0.717) is 106 Å². The molecule has 10 nitrogen and oxygen atoms in total. The molecule has 0 unspecified atom stereocenters. The third kappa shape index (κ3) is 10.5. The van der Waals surface area contributed by atoms with E-state index in [1.54, 1.807) is 24.3 Å². The molecule has 0 aromatic heterocycles. The number of hydrogen-bond acceptors (Lipinski definition) is 8. The van der Waals surface area contributed by atoms with E-state index in [1.807, 2.05) is 42.5 Å². The molecule has 0 radical (unpaired) electrons. The molecule has 0 saturated carbocycles. The molecule has 104 heavy (non-hydrogen) atoms. The van der Waals surface area contributed by atoms with Crippen molar-refractivity contribution in [3.05, 3.63) is 256 Å². The van der Waals surface area contributed by atoms with E-state index in [1.165, 1.54) is 15.9 Å². The summed E-state index contributed by atoms with van der Waals surface area (Å²) in [5.41, 5.74) is 9.78. The molecule has 0 atom stereocenters. The highest BCUT2D eigenvalue weighted by Gasteiger charge is 2.42. The molecule has 13 aromatic carbocycles. The maximum absolute atomic E-state index is 16.0. The second-order valence-corrected chi connectivity index (χ2v) is 30.7. The molecule has 10 heteroatoms. The van der Waals surface area contributed by atoms with Gasteiger partial charge in [0.05, 0.1) is 33.6 Å². The van der Waals surface area contributed by atoms with Crippen molar-refractivity contribution in [1.29, 1.82) is 0 Å². The number of para-hydroxylation sites is 5. The van der Waals surface area contributed by atoms with E-state index < -0.39 is 23.6 Å². The number of carbonyl (C=O) groups excluding carboxylic acids is 4. The molecule has 13 aromatic rings. The number of benzene rings is 13. The van der Waals surface area contributed by atoms with Crippen molar-refractivity contribution in [3.63, 3.8) is 0 Å². The van der Waals surface area contributed by atoms with Gasteiger partial charge in [-0.05, 0) is 173 Å². The molecule has 4 amide bonds. The average Bonchev–Trinajstić information content (AvgIpc) is 0.670. The Hall–Kier alpha value is -11.1. The van der Waals surface area contributed by atoms with Crippen molar-refractivity contribution in [3.8, 4) is 46.0 Å². The lowest BCUT2D eigenvalue weighted by Gasteiger charge is -2.32. The fourth-order valence-corrected chi connectivity index (χ4v) is 16.5. The Bertz CT molecular complexity index is 5430. The second-order valence-electron chi connectivity index (χ2n) is 30.7. The minimum atomic E-state index is -0.545. The van der Waals surface area contributed by atoms with Gasteiger partial charge in [-0.3, -0.25) is 19.2 Å². The highest BCUT2D eigenvalue weighted by atomic mass is 16.5. The quantitative estimate of drug-likeness (QED) is 0.0321. The minimum Gasteiger partial charge on any atom is -0.456 e. The molecule has 0 bridgehead atoms. The van der Waals surface area contributed by atoms with Crippen LogP contribution < -0.4 is 23.8 Å². The van der Waals surface area contributed by atoms with Crippen LogP contribution >= 0.6 is 0 Å². The zero-order chi connectivity index (χ0) is 73.5. The van der Waals surface area contributed by atoms with Crippen LogP contribution in [0.5, 0.6) is 46.0 Å². The van der Waals surface area contributed by atoms with Crippen LogP contribution in [-0.2, 0) is 0 Å². The molecule has 0 spiro atoms. The van der Waals surface area contributed by atoms with Gasteiger partial charge in [0.2, 0.25) is 0 Å². The topological polar surface area (TPSA) is 112 Å². The Morgan fingerprint density at radius 3 is 0.808 bits per heavy atom. The van der Waals surface area contributed by atoms with Crippen LogP contribution in [0.3, 0.4) is 0 Å². The number of anilines is 1. The summed E-state index contributed by atoms with van der Waals surface area (Å²) in [5, 5.41) is 9.70. The molecule has 0 fully saturated rings. The minimum absolute atomic E-state index is 0.0236. The molecule has 522 valence electrons. The number of ether oxygens (including phenoxy) is 4. The molecular weight excluding hydrogens is 1290 g/mol. The lowest BCUT2D eigenvalue weighted by molar-refractivity contribution is 0.0666. The zero-order valence-corrected chi connectivity index (χ0v) is 62.4. The Balaban J connectivity index is 1.20. The number of fused-ring (bicyclic) bond motifs is 4. The highest BCUT2D eigenvalue weighted by Crippen LogP contribution is 2.59. The maximum atomic E-state index is 16.0. The average molecular weight is 1370 g/mol. The van der Waals surface area contributed by atoms with Crippen molar-refractivity contribution < 1.29 is 38.1 Å². The standard InChI is InChI=1S/C94H88N2O8/c1-19-28-55(20-2)95-91(97)69-43-73(101-87-57(47(3)4)31-24-32-58(87)48(5)6)81-65-39-41-67-78-68(42-40-66(77(65)78)82-74(44-70(92(95)98)79(69)85(81)82)102-88-59(49(7)8)33-25-34-60(88)50(9)10)84-76(104-90-63(53(15)16)37-27-38-64(90)54(17)18)46-72-80-71(93(99)96(94(72)100)56-29-22-21-23-30-56)45-75(83(67)86(80)84)103-89-61(51(11)12)35-26-36-62(89)52(13)14/h19-54H,1-2H2,3-18H3/b55-28+. The fourth-order valence-electron chi connectivity index (χ4n) is 16.5. The van der Waals surface area contributed by atoms with E-state index in [2.05, 4.69) is 221 Å². The predicted octanol–water partition coefficient (Wildman–Crippen LogP) is 26.4. The summed E-state index contributed by atoms with van der Waals surface area (Å²) in [6, 6.07) is 50.4. The van der Waals surface area contributed by atoms with Crippen LogP contribution in [0.1, 0.15) is 244 Å². The highest BCUT2D eigenvalue weighted by molar-refractivity contribution is 6.48. The number of imide groups is 2. The molecule has 15 rings (SSSR count). The van der Waals surface area contributed by atoms with Crippen molar-refractivity contribution in [2.24, 2.45) is 0 Å². The van der Waals surface area contributed by atoms with Crippen molar-refractivity contribution >= 4 is 105 Å². The number of nitrogens with zero attached hydrogens (tertiary/aromatic N) is 2. The third-order valence-corrected chi connectivity index (χ3v) is 21.5. The largest absolute Gasteiger partial charge is 0.456 e. The Labute approximate surface area is 608 Å². The van der Waals surface area contributed by atoms with Gasteiger partial charge < -0.3 is 18.9 Å². The van der Waals surface area contributed by atoms with Gasteiger partial charge >= 0.3 is 0 Å². The van der Waals surface area contributed by atoms with Gasteiger partial charge in [-0.2, -0.15) is 0 Å². The van der Waals surface area contributed by atoms with Crippen LogP contribution in [0.2, 0.25) is 0 Å². The molecule has 2 aliphatic heterocycles. The first kappa shape index (κ1) is 68.7. The van der Waals surface area contributed by atoms with E-state index >= 15 is 19.2 Å². The summed E-state index contributed by atoms with van der Waals surface area (Å²) in [5.74, 6) is 2.56. The summed E-state index contributed by atoms with van der Waals surface area (Å²) in [6.45, 7) is 42.7. The van der Waals surface area contributed by atoms with E-state index in [0.717, 1.165) is 76.8 Å². The number of hydrogen-bond donors (Lipinski definition) is 0. The SMILES string of the molecule is C=C/C=C(\C=C)N1C(=O)c2cc(Oc3c(C(C)C)cccc3C(C)C)c3c4ccc5c6c(Oc7c(C(C)C)cccc7C(C)C)cc7c8c(cc(Oc9c(C(C)C)cccc9C(C)C)c(c9ccc(c%10c(Oc%11c(C(C)C)cccc%11C(C)C)cc(c2c3%10)C1=O)c4c59)c86)C(=O)N(c1ccccc1)C7=O. The van der Waals surface area contributed by atoms with Crippen molar-refractivity contribution in [2.75, 3.05) is 4.90 Å². The summed E-state index contributed by atoms with van der Waals surface area (Å²) in [7, 11) is 0. The molecule has 0 saturated heterocycles. The van der Waals surface area contributed by atoms with E-state index in [9.17, 15) is 0 Å². The van der Waals surface area contributed by atoms with E-state index in [4.69, 9.17) is 18.9 Å². The second kappa shape index (κ2) is 26.0. The molecule has 0 N–H and O–H groups in total. The Morgan fingerprint density at radius 1 is 0.308 bits per heavy atom. The monoisotopic (exact) mass is 1370 g/mol. The molecule has 2 aliphatic rings. The summed E-state index contributed by atoms with van der Waals surface area (Å²) < 4.78 is 31.2. The molecular formula is C94H88N2O8. The number of rotatable bonds is 20. The maximum Gasteiger partial charge on any atom is 0.266 e. The van der Waals surface area contributed by atoms with Crippen LogP contribution in [-0.4, -0.2) is 28.5 Å². The third-order valence-electron chi connectivity index (χ3n) is 21.5. The Kier molecular flexibility index (Phi) is 17.2. The van der Waals surface area contributed by atoms with Crippen molar-refractivity contribution in [2.45, 2.75) is 158 Å². The smallest absolute Gasteiger partial charge is 0.266 e. The van der Waals surface area contributed by atoms with Crippen LogP contribution in [0.15, 0.2) is 189 Å². The first-order valence-electron chi connectivity index (χ1n) is 36.8. The van der Waals surface area contributed by atoms with Crippen LogP contribution in [0, 0.1) is 0 Å². The van der Waals surface area contributed by atoms with Gasteiger partial charge in [0.1, 0.15) is 46.0 Å². The molecule has 0 aliphatic carbocycles. The van der Waals surface area contributed by atoms with Gasteiger partial charge in [0, 0.05) is 43.1 Å². The van der Waals surface area contributed by atoms with Crippen LogP contribution in [0.25, 0.3) is 75.4 Å². The van der Waals surface area contributed by atoms with Gasteiger partial charge in [-0.1, -0.05) is 245 Å². The predicted molar refractivity (Wildman–Crippen MR) is 427 cm³/mol.